The fraction of sp³-hybridized carbons (Fsp3) is 0.410. The van der Waals surface area contributed by atoms with Crippen LogP contribution < -0.4 is 16.2 Å². The topological polar surface area (TPSA) is 150 Å². The third-order valence-electron chi connectivity index (χ3n) is 9.30. The van der Waals surface area contributed by atoms with Crippen LogP contribution >= 0.6 is 0 Å². The highest BCUT2D eigenvalue weighted by Crippen LogP contribution is 2.31. The number of unbranched alkanes of at least 4 members (excludes halogenated alkanes) is 4. The Morgan fingerprint density at radius 3 is 2.46 bits per heavy atom. The SMILES string of the molecule is C[N+]1(C)CCC(OC(=O)Nc2cc(C(=O)OCCCCCCCNC[C@H](O)c3ccc(O)c4[nH]c(=O)ccc34)ccc2-c2ccccc2)CC1. The van der Waals surface area contributed by atoms with Crippen LogP contribution in [0.25, 0.3) is 22.0 Å². The van der Waals surface area contributed by atoms with Gasteiger partial charge in [-0.05, 0) is 54.8 Å². The number of ether oxygens (including phenoxy) is 2. The van der Waals surface area contributed by atoms with Crippen molar-refractivity contribution in [3.05, 3.63) is 94.3 Å². The van der Waals surface area contributed by atoms with Crippen LogP contribution in [0.15, 0.2) is 77.6 Å². The first kappa shape index (κ1) is 36.6. The molecule has 3 aromatic carbocycles. The summed E-state index contributed by atoms with van der Waals surface area (Å²) in [5.41, 5.74) is 3.20. The number of carbonyl (C=O) groups is 2. The monoisotopic (exact) mass is 685 g/mol. The number of quaternary nitrogens is 1. The number of phenolic OH excluding ortho intramolecular Hbond substituents is 1. The number of amides is 1. The van der Waals surface area contributed by atoms with E-state index in [1.54, 1.807) is 24.3 Å². The maximum absolute atomic E-state index is 13.0. The zero-order valence-corrected chi connectivity index (χ0v) is 29.0. The number of esters is 1. The van der Waals surface area contributed by atoms with Gasteiger partial charge in [-0.2, -0.15) is 0 Å². The molecule has 266 valence electrons. The van der Waals surface area contributed by atoms with Crippen LogP contribution in [-0.4, -0.2) is 84.7 Å². The van der Waals surface area contributed by atoms with Crippen LogP contribution in [0.5, 0.6) is 5.75 Å². The molecule has 1 atom stereocenters. The molecule has 11 nitrogen and oxygen atoms in total. The van der Waals surface area contributed by atoms with Gasteiger partial charge >= 0.3 is 12.1 Å². The zero-order chi connectivity index (χ0) is 35.5. The summed E-state index contributed by atoms with van der Waals surface area (Å²) in [4.78, 5) is 40.1. The van der Waals surface area contributed by atoms with Gasteiger partial charge in [0.15, 0.2) is 0 Å². The molecule has 4 aromatic rings. The number of nitrogens with one attached hydrogen (secondary N) is 3. The van der Waals surface area contributed by atoms with Gasteiger partial charge in [0.05, 0.1) is 56.7 Å². The van der Waals surface area contributed by atoms with Crippen molar-refractivity contribution in [3.8, 4) is 16.9 Å². The number of aromatic nitrogens is 1. The van der Waals surface area contributed by atoms with Crippen molar-refractivity contribution in [2.24, 2.45) is 0 Å². The van der Waals surface area contributed by atoms with Crippen molar-refractivity contribution in [3.63, 3.8) is 0 Å². The van der Waals surface area contributed by atoms with Crippen LogP contribution in [0.2, 0.25) is 0 Å². The normalized spacial score (nSPS) is 15.0. The van der Waals surface area contributed by atoms with Crippen LogP contribution in [0.1, 0.15) is 67.0 Å². The van der Waals surface area contributed by atoms with Crippen molar-refractivity contribution in [1.29, 1.82) is 0 Å². The Kier molecular flexibility index (Phi) is 12.6. The third kappa shape index (κ3) is 10.2. The molecule has 1 amide bonds. The van der Waals surface area contributed by atoms with Crippen molar-refractivity contribution < 1.29 is 33.8 Å². The van der Waals surface area contributed by atoms with Crippen molar-refractivity contribution in [2.75, 3.05) is 52.2 Å². The molecular formula is C39H49N4O7+. The number of nitrogens with zero attached hydrogens (tertiary/aromatic N) is 1. The van der Waals surface area contributed by atoms with E-state index in [2.05, 4.69) is 29.7 Å². The predicted octanol–water partition coefficient (Wildman–Crippen LogP) is 6.12. The number of aliphatic hydroxyl groups excluding tert-OH is 1. The number of aliphatic hydroxyl groups is 1. The van der Waals surface area contributed by atoms with Crippen molar-refractivity contribution in [1.82, 2.24) is 10.3 Å². The Labute approximate surface area is 292 Å². The summed E-state index contributed by atoms with van der Waals surface area (Å²) in [7, 11) is 4.36. The number of anilines is 1. The van der Waals surface area contributed by atoms with E-state index in [4.69, 9.17) is 9.47 Å². The first-order chi connectivity index (χ1) is 24.1. The molecule has 5 N–H and O–H groups in total. The van der Waals surface area contributed by atoms with E-state index in [0.717, 1.165) is 80.2 Å². The number of hydrogen-bond acceptors (Lipinski definition) is 8. The number of benzene rings is 3. The summed E-state index contributed by atoms with van der Waals surface area (Å²) < 4.78 is 12.2. The largest absolute Gasteiger partial charge is 0.506 e. The molecule has 0 spiro atoms. The second-order valence-corrected chi connectivity index (χ2v) is 13.6. The lowest BCUT2D eigenvalue weighted by molar-refractivity contribution is -0.896. The minimum absolute atomic E-state index is 0.0345. The van der Waals surface area contributed by atoms with Gasteiger partial charge in [0.1, 0.15) is 11.9 Å². The predicted molar refractivity (Wildman–Crippen MR) is 194 cm³/mol. The Bertz CT molecular complexity index is 1800. The molecule has 0 bridgehead atoms. The van der Waals surface area contributed by atoms with Gasteiger partial charge in [0.2, 0.25) is 5.56 Å². The molecule has 0 radical (unpaired) electrons. The molecule has 0 saturated carbocycles. The Morgan fingerprint density at radius 2 is 1.68 bits per heavy atom. The summed E-state index contributed by atoms with van der Waals surface area (Å²) in [5.74, 6) is -0.475. The summed E-state index contributed by atoms with van der Waals surface area (Å²) >= 11 is 0. The van der Waals surface area contributed by atoms with Gasteiger partial charge in [0, 0.05) is 36.4 Å². The number of fused-ring (bicyclic) bond motifs is 1. The molecule has 1 fully saturated rings. The van der Waals surface area contributed by atoms with E-state index in [1.165, 1.54) is 12.1 Å². The molecule has 1 saturated heterocycles. The lowest BCUT2D eigenvalue weighted by atomic mass is 10.0. The number of hydrogen-bond donors (Lipinski definition) is 5. The number of pyridine rings is 1. The molecule has 2 heterocycles. The average Bonchev–Trinajstić information content (AvgIpc) is 3.10. The first-order valence-corrected chi connectivity index (χ1v) is 17.5. The van der Waals surface area contributed by atoms with E-state index in [9.17, 15) is 24.6 Å². The van der Waals surface area contributed by atoms with Gasteiger partial charge < -0.3 is 34.5 Å². The highest BCUT2D eigenvalue weighted by atomic mass is 16.6. The van der Waals surface area contributed by atoms with Gasteiger partial charge in [-0.3, -0.25) is 10.1 Å². The highest BCUT2D eigenvalue weighted by Gasteiger charge is 2.28. The lowest BCUT2D eigenvalue weighted by Crippen LogP contribution is -2.48. The number of piperidine rings is 1. The molecule has 50 heavy (non-hydrogen) atoms. The van der Waals surface area contributed by atoms with Crippen molar-refractivity contribution >= 4 is 28.7 Å². The molecule has 1 aliphatic heterocycles. The number of rotatable bonds is 15. The fourth-order valence-electron chi connectivity index (χ4n) is 6.32. The zero-order valence-electron chi connectivity index (χ0n) is 29.0. The van der Waals surface area contributed by atoms with Crippen LogP contribution in [0.3, 0.4) is 0 Å². The maximum atomic E-state index is 13.0. The summed E-state index contributed by atoms with van der Waals surface area (Å²) in [6, 6.07) is 21.0. The highest BCUT2D eigenvalue weighted by molar-refractivity contribution is 5.97. The fourth-order valence-corrected chi connectivity index (χ4v) is 6.32. The second-order valence-electron chi connectivity index (χ2n) is 13.6. The molecule has 0 unspecified atom stereocenters. The molecule has 11 heteroatoms. The van der Waals surface area contributed by atoms with Crippen LogP contribution in [-0.2, 0) is 9.47 Å². The molecular weight excluding hydrogens is 636 g/mol. The van der Waals surface area contributed by atoms with Gasteiger partial charge in [0.25, 0.3) is 0 Å². The number of likely N-dealkylation sites (tertiary alicyclic amines) is 1. The lowest BCUT2D eigenvalue weighted by Gasteiger charge is -2.36. The minimum Gasteiger partial charge on any atom is -0.506 e. The summed E-state index contributed by atoms with van der Waals surface area (Å²) in [6.45, 7) is 3.28. The third-order valence-corrected chi connectivity index (χ3v) is 9.30. The quantitative estimate of drug-likeness (QED) is 0.0571. The van der Waals surface area contributed by atoms with Crippen LogP contribution in [0, 0.1) is 0 Å². The standard InChI is InChI=1S/C39H48N4O7/c1-43(2)22-19-29(20-23-43)50-39(48)41-33-25-28(13-14-30(33)27-11-7-6-8-12-27)38(47)49-24-10-5-3-4-9-21-40-26-35(45)31-15-17-34(44)37-32(31)16-18-36(46)42-37/h6-8,11-18,25,29,35,40,45H,3-5,9-10,19-24,26H2,1-2H3,(H2-,41,42,44,46,48)/p+1/t35-/m0/s1. The van der Waals surface area contributed by atoms with Gasteiger partial charge in [-0.25, -0.2) is 9.59 Å². The number of H-pyrrole nitrogens is 1. The van der Waals surface area contributed by atoms with Crippen LogP contribution in [0.4, 0.5) is 10.5 Å². The smallest absolute Gasteiger partial charge is 0.411 e. The molecule has 1 aromatic heterocycles. The molecule has 0 aliphatic carbocycles. The number of phenols is 1. The molecule has 5 rings (SSSR count). The maximum Gasteiger partial charge on any atom is 0.411 e. The van der Waals surface area contributed by atoms with E-state index < -0.39 is 18.2 Å². The number of aromatic amines is 1. The average molecular weight is 686 g/mol. The summed E-state index contributed by atoms with van der Waals surface area (Å²) in [6.07, 6.45) is 4.73. The first-order valence-electron chi connectivity index (χ1n) is 17.5. The van der Waals surface area contributed by atoms with Crippen molar-refractivity contribution in [2.45, 2.75) is 57.2 Å². The molecule has 1 aliphatic rings. The number of carbonyl (C=O) groups excluding carboxylic acids is 2. The number of aromatic hydroxyl groups is 1. The Hall–Kier alpha value is -4.71. The van der Waals surface area contributed by atoms with E-state index >= 15 is 0 Å². The Balaban J connectivity index is 1.02. The van der Waals surface area contributed by atoms with E-state index in [0.29, 0.717) is 40.9 Å². The van der Waals surface area contributed by atoms with E-state index in [-0.39, 0.29) is 17.4 Å². The second kappa shape index (κ2) is 17.3. The van der Waals surface area contributed by atoms with Gasteiger partial charge in [-0.1, -0.05) is 61.7 Å². The summed E-state index contributed by atoms with van der Waals surface area (Å²) in [5, 5.41) is 27.5. The Morgan fingerprint density at radius 1 is 0.940 bits per heavy atom. The van der Waals surface area contributed by atoms with E-state index in [1.807, 2.05) is 36.4 Å². The van der Waals surface area contributed by atoms with Gasteiger partial charge in [-0.15, -0.1) is 0 Å². The minimum atomic E-state index is -0.789.